The number of carboxylic acids is 1. The first kappa shape index (κ1) is 17.0. The van der Waals surface area contributed by atoms with E-state index in [4.69, 9.17) is 9.84 Å². The molecule has 0 heterocycles. The summed E-state index contributed by atoms with van der Waals surface area (Å²) in [5.74, 6) is -0.287. The Morgan fingerprint density at radius 3 is 2.71 bits per heavy atom. The zero-order chi connectivity index (χ0) is 15.7. The highest BCUT2D eigenvalue weighted by Crippen LogP contribution is 2.23. The van der Waals surface area contributed by atoms with Gasteiger partial charge in [-0.1, -0.05) is 12.1 Å². The first-order chi connectivity index (χ1) is 9.99. The molecule has 1 rings (SSSR count). The molecule has 0 fully saturated rings. The number of amides is 2. The Morgan fingerprint density at radius 2 is 2.05 bits per heavy atom. The van der Waals surface area contributed by atoms with Crippen LogP contribution in [-0.2, 0) is 15.6 Å². The van der Waals surface area contributed by atoms with E-state index in [0.29, 0.717) is 24.4 Å². The molecule has 0 radical (unpaired) electrons. The molecule has 21 heavy (non-hydrogen) atoms. The number of anilines is 1. The molecule has 2 amide bonds. The maximum Gasteiger partial charge on any atom is 0.341 e. The third-order valence-electron chi connectivity index (χ3n) is 2.38. The highest BCUT2D eigenvalue weighted by Gasteiger charge is 2.08. The number of rotatable bonds is 8. The first-order valence-corrected chi connectivity index (χ1v) is 8.00. The average Bonchev–Trinajstić information content (AvgIpc) is 2.42. The second kappa shape index (κ2) is 8.96. The molecule has 0 spiro atoms. The summed E-state index contributed by atoms with van der Waals surface area (Å²) in [5, 5.41) is 13.8. The van der Waals surface area contributed by atoms with Gasteiger partial charge in [0.05, 0.1) is 5.69 Å². The van der Waals surface area contributed by atoms with Gasteiger partial charge in [0.25, 0.3) is 0 Å². The summed E-state index contributed by atoms with van der Waals surface area (Å²) in [5.41, 5.74) is 0.385. The van der Waals surface area contributed by atoms with E-state index < -0.39 is 29.4 Å². The largest absolute Gasteiger partial charge is 0.480 e. The van der Waals surface area contributed by atoms with E-state index in [1.165, 1.54) is 0 Å². The van der Waals surface area contributed by atoms with Crippen LogP contribution in [0.4, 0.5) is 10.5 Å². The van der Waals surface area contributed by atoms with Crippen molar-refractivity contribution >= 4 is 28.5 Å². The zero-order valence-corrected chi connectivity index (χ0v) is 12.4. The monoisotopic (exact) mass is 314 g/mol. The average molecular weight is 314 g/mol. The number of carbonyl (C=O) groups is 2. The van der Waals surface area contributed by atoms with Gasteiger partial charge in [-0.3, -0.25) is 4.21 Å². The fourth-order valence-corrected chi connectivity index (χ4v) is 2.03. The van der Waals surface area contributed by atoms with Crippen LogP contribution >= 0.6 is 0 Å². The topological polar surface area (TPSA) is 105 Å². The van der Waals surface area contributed by atoms with E-state index in [1.807, 2.05) is 0 Å². The van der Waals surface area contributed by atoms with Crippen LogP contribution in [0.25, 0.3) is 0 Å². The Balaban J connectivity index is 2.47. The van der Waals surface area contributed by atoms with Crippen LogP contribution in [0.15, 0.2) is 24.3 Å². The molecular weight excluding hydrogens is 296 g/mol. The molecule has 8 heteroatoms. The Hall–Kier alpha value is -2.09. The number of para-hydroxylation sites is 2. The van der Waals surface area contributed by atoms with Crippen LogP contribution in [0.3, 0.4) is 0 Å². The van der Waals surface area contributed by atoms with Crippen LogP contribution in [0, 0.1) is 0 Å². The van der Waals surface area contributed by atoms with Gasteiger partial charge in [-0.2, -0.15) is 0 Å². The summed E-state index contributed by atoms with van der Waals surface area (Å²) in [6.45, 7) is -0.0772. The van der Waals surface area contributed by atoms with Crippen molar-refractivity contribution in [3.05, 3.63) is 24.3 Å². The molecule has 0 aliphatic carbocycles. The van der Waals surface area contributed by atoms with Crippen LogP contribution in [0.2, 0.25) is 0 Å². The van der Waals surface area contributed by atoms with Crippen molar-refractivity contribution in [3.63, 3.8) is 0 Å². The minimum absolute atomic E-state index is 0.282. The predicted octanol–water partition coefficient (Wildman–Crippen LogP) is 1.04. The van der Waals surface area contributed by atoms with E-state index in [-0.39, 0.29) is 5.75 Å². The van der Waals surface area contributed by atoms with Crippen molar-refractivity contribution in [3.8, 4) is 5.75 Å². The minimum Gasteiger partial charge on any atom is -0.480 e. The SMILES string of the molecule is CS(=O)CCCNC(=O)Nc1ccccc1OCC(=O)O. The molecule has 1 unspecified atom stereocenters. The summed E-state index contributed by atoms with van der Waals surface area (Å²) in [6.07, 6.45) is 2.23. The number of carboxylic acid groups (broad SMARTS) is 1. The van der Waals surface area contributed by atoms with Gasteiger partial charge in [0, 0.05) is 29.4 Å². The lowest BCUT2D eigenvalue weighted by atomic mass is 10.3. The lowest BCUT2D eigenvalue weighted by Crippen LogP contribution is -2.30. The standard InChI is InChI=1S/C13H18N2O5S/c1-21(19)8-4-7-14-13(18)15-10-5-2-3-6-11(10)20-9-12(16)17/h2-3,5-6H,4,7-9H2,1H3,(H,16,17)(H2,14,15,18). The van der Waals surface area contributed by atoms with Crippen molar-refractivity contribution in [1.29, 1.82) is 0 Å². The fourth-order valence-electron chi connectivity index (χ4n) is 1.48. The van der Waals surface area contributed by atoms with Crippen LogP contribution in [0.5, 0.6) is 5.75 Å². The van der Waals surface area contributed by atoms with Gasteiger partial charge in [-0.05, 0) is 18.6 Å². The molecule has 3 N–H and O–H groups in total. The summed E-state index contributed by atoms with van der Waals surface area (Å²) in [4.78, 5) is 22.2. The molecule has 7 nitrogen and oxygen atoms in total. The van der Waals surface area contributed by atoms with Crippen LogP contribution in [-0.4, -0.2) is 46.5 Å². The molecular formula is C13H18N2O5S. The number of nitrogens with one attached hydrogen (secondary N) is 2. The van der Waals surface area contributed by atoms with E-state index >= 15 is 0 Å². The Kier molecular flexibility index (Phi) is 7.24. The maximum atomic E-state index is 11.7. The summed E-state index contributed by atoms with van der Waals surface area (Å²) in [6, 6.07) is 6.12. The normalized spacial score (nSPS) is 11.5. The number of hydrogen-bond donors (Lipinski definition) is 3. The number of hydrogen-bond acceptors (Lipinski definition) is 4. The van der Waals surface area contributed by atoms with E-state index in [2.05, 4.69) is 10.6 Å². The lowest BCUT2D eigenvalue weighted by molar-refractivity contribution is -0.139. The Morgan fingerprint density at radius 1 is 1.33 bits per heavy atom. The number of urea groups is 1. The van der Waals surface area contributed by atoms with Crippen molar-refractivity contribution in [2.24, 2.45) is 0 Å². The molecule has 116 valence electrons. The fraction of sp³-hybridized carbons (Fsp3) is 0.385. The van der Waals surface area contributed by atoms with E-state index in [9.17, 15) is 13.8 Å². The van der Waals surface area contributed by atoms with E-state index in [1.54, 1.807) is 30.5 Å². The van der Waals surface area contributed by atoms with Crippen molar-refractivity contribution in [1.82, 2.24) is 5.32 Å². The van der Waals surface area contributed by atoms with Gasteiger partial charge < -0.3 is 20.5 Å². The van der Waals surface area contributed by atoms with Crippen molar-refractivity contribution in [2.75, 3.05) is 30.5 Å². The van der Waals surface area contributed by atoms with E-state index in [0.717, 1.165) is 0 Å². The molecule has 1 aromatic rings. The number of carbonyl (C=O) groups excluding carboxylic acids is 1. The quantitative estimate of drug-likeness (QED) is 0.622. The molecule has 1 atom stereocenters. The van der Waals surface area contributed by atoms with Gasteiger partial charge in [-0.15, -0.1) is 0 Å². The summed E-state index contributed by atoms with van der Waals surface area (Å²) in [7, 11) is -0.876. The van der Waals surface area contributed by atoms with Gasteiger partial charge in [0.15, 0.2) is 6.61 Å². The molecule has 0 bridgehead atoms. The predicted molar refractivity (Wildman–Crippen MR) is 80.1 cm³/mol. The second-order valence-electron chi connectivity index (χ2n) is 4.19. The van der Waals surface area contributed by atoms with Gasteiger partial charge in [0.2, 0.25) is 0 Å². The van der Waals surface area contributed by atoms with Gasteiger partial charge in [0.1, 0.15) is 5.75 Å². The third kappa shape index (κ3) is 7.31. The minimum atomic E-state index is -1.10. The molecule has 1 aromatic carbocycles. The van der Waals surface area contributed by atoms with Gasteiger partial charge in [-0.25, -0.2) is 9.59 Å². The van der Waals surface area contributed by atoms with Crippen molar-refractivity contribution < 1.29 is 23.6 Å². The van der Waals surface area contributed by atoms with Crippen LogP contribution < -0.4 is 15.4 Å². The van der Waals surface area contributed by atoms with Crippen LogP contribution in [0.1, 0.15) is 6.42 Å². The number of ether oxygens (including phenoxy) is 1. The number of benzene rings is 1. The first-order valence-electron chi connectivity index (χ1n) is 6.27. The molecule has 0 saturated heterocycles. The Labute approximate surface area is 125 Å². The highest BCUT2D eigenvalue weighted by molar-refractivity contribution is 7.84. The second-order valence-corrected chi connectivity index (χ2v) is 5.74. The third-order valence-corrected chi connectivity index (χ3v) is 3.24. The molecule has 0 aliphatic rings. The highest BCUT2D eigenvalue weighted by atomic mass is 32.2. The lowest BCUT2D eigenvalue weighted by Gasteiger charge is -2.11. The molecule has 0 aliphatic heterocycles. The summed E-state index contributed by atoms with van der Waals surface area (Å²) >= 11 is 0. The molecule has 0 aromatic heterocycles. The summed E-state index contributed by atoms with van der Waals surface area (Å²) < 4.78 is 15.9. The van der Waals surface area contributed by atoms with Gasteiger partial charge >= 0.3 is 12.0 Å². The Bertz CT molecular complexity index is 521. The van der Waals surface area contributed by atoms with Crippen molar-refractivity contribution in [2.45, 2.75) is 6.42 Å². The smallest absolute Gasteiger partial charge is 0.341 e. The molecule has 0 saturated carbocycles. The zero-order valence-electron chi connectivity index (χ0n) is 11.6. The number of aliphatic carboxylic acids is 1. The maximum absolute atomic E-state index is 11.7.